The lowest BCUT2D eigenvalue weighted by atomic mass is 9.97. The van der Waals surface area contributed by atoms with Gasteiger partial charge in [-0.25, -0.2) is 4.79 Å². The largest absolute Gasteiger partial charge is 0.497 e. The first-order chi connectivity index (χ1) is 22.7. The number of benzene rings is 2. The van der Waals surface area contributed by atoms with Crippen LogP contribution < -0.4 is 14.2 Å². The number of ether oxygens (including phenoxy) is 8. The summed E-state index contributed by atoms with van der Waals surface area (Å²) in [5, 5.41) is 11.0. The van der Waals surface area contributed by atoms with Crippen molar-refractivity contribution in [2.75, 3.05) is 34.7 Å². The van der Waals surface area contributed by atoms with Crippen LogP contribution >= 0.6 is 0 Å². The summed E-state index contributed by atoms with van der Waals surface area (Å²) in [5.41, 5.74) is 2.13. The van der Waals surface area contributed by atoms with Gasteiger partial charge >= 0.3 is 5.97 Å². The Kier molecular flexibility index (Phi) is 15.2. The van der Waals surface area contributed by atoms with Crippen LogP contribution in [0.5, 0.6) is 17.2 Å². The van der Waals surface area contributed by atoms with Gasteiger partial charge in [-0.05, 0) is 75.4 Å². The molecule has 1 aliphatic heterocycles. The maximum absolute atomic E-state index is 13.4. The SMILES string of the molecule is COCOc1cc(OC)cc(CCC[C@@H]2OC(C)(C)O[C@@H]2C(O)C#CC[C@H](C)OCc2ccc(OC)cc2)c1C(=O)OCC[Si](C)(C)C. The van der Waals surface area contributed by atoms with Gasteiger partial charge in [0.1, 0.15) is 35.0 Å². The van der Waals surface area contributed by atoms with Crippen LogP contribution in [-0.2, 0) is 36.7 Å². The van der Waals surface area contributed by atoms with E-state index < -0.39 is 38.1 Å². The predicted octanol–water partition coefficient (Wildman–Crippen LogP) is 6.38. The summed E-state index contributed by atoms with van der Waals surface area (Å²) in [6, 6.07) is 12.1. The van der Waals surface area contributed by atoms with Gasteiger partial charge in [-0.15, -0.1) is 0 Å². The fourth-order valence-electron chi connectivity index (χ4n) is 5.21. The van der Waals surface area contributed by atoms with Crippen molar-refractivity contribution in [3.63, 3.8) is 0 Å². The molecular formula is C37H54O10Si. The molecule has 1 heterocycles. The van der Waals surface area contributed by atoms with Gasteiger partial charge in [0, 0.05) is 27.7 Å². The quantitative estimate of drug-likeness (QED) is 0.0821. The molecule has 10 nitrogen and oxygen atoms in total. The van der Waals surface area contributed by atoms with Crippen molar-refractivity contribution in [2.45, 2.75) is 109 Å². The third kappa shape index (κ3) is 12.7. The zero-order valence-electron chi connectivity index (χ0n) is 30.1. The standard InChI is InChI=1S/C37H54O10Si/c1-26(44-24-27-16-18-29(41-5)19-17-27)12-10-14-31(38)35-32(46-37(2,3)47-35)15-11-13-28-22-30(42-6)23-33(45-25-40-4)34(28)36(39)43-20-21-48(7,8)9/h16-19,22-23,26,31-32,35,38H,11-13,15,20-21,24-25H2,1-9H3/t26-,31?,32-,35+/m0/s1. The normalized spacial score (nSPS) is 18.4. The zero-order valence-corrected chi connectivity index (χ0v) is 31.1. The van der Waals surface area contributed by atoms with Gasteiger partial charge in [-0.1, -0.05) is 43.6 Å². The molecule has 48 heavy (non-hydrogen) atoms. The highest BCUT2D eigenvalue weighted by Crippen LogP contribution is 2.35. The van der Waals surface area contributed by atoms with Crippen LogP contribution in [0, 0.1) is 11.8 Å². The molecule has 4 atom stereocenters. The molecule has 1 saturated heterocycles. The van der Waals surface area contributed by atoms with Crippen molar-refractivity contribution >= 4 is 14.0 Å². The van der Waals surface area contributed by atoms with Crippen molar-refractivity contribution < 1.29 is 47.8 Å². The van der Waals surface area contributed by atoms with Crippen molar-refractivity contribution in [1.82, 2.24) is 0 Å². The number of hydrogen-bond donors (Lipinski definition) is 1. The monoisotopic (exact) mass is 686 g/mol. The Balaban J connectivity index is 1.65. The minimum atomic E-state index is -1.40. The van der Waals surface area contributed by atoms with E-state index in [0.717, 1.165) is 22.9 Å². The topological polar surface area (TPSA) is 111 Å². The van der Waals surface area contributed by atoms with Crippen LogP contribution in [-0.4, -0.2) is 84.1 Å². The van der Waals surface area contributed by atoms with E-state index in [1.807, 2.05) is 51.1 Å². The lowest BCUT2D eigenvalue weighted by molar-refractivity contribution is -0.152. The zero-order chi connectivity index (χ0) is 35.3. The number of methoxy groups -OCH3 is 3. The Morgan fingerprint density at radius 1 is 1.04 bits per heavy atom. The molecule has 2 aromatic rings. The first-order valence-corrected chi connectivity index (χ1v) is 20.2. The number of carbonyl (C=O) groups is 1. The van der Waals surface area contributed by atoms with E-state index in [2.05, 4.69) is 31.5 Å². The van der Waals surface area contributed by atoms with E-state index in [1.54, 1.807) is 20.3 Å². The molecule has 0 saturated carbocycles. The average molecular weight is 687 g/mol. The van der Waals surface area contributed by atoms with E-state index in [4.69, 9.17) is 37.9 Å². The molecule has 1 unspecified atom stereocenters. The Morgan fingerprint density at radius 2 is 1.75 bits per heavy atom. The summed E-state index contributed by atoms with van der Waals surface area (Å²) >= 11 is 0. The first kappa shape index (κ1) is 39.3. The fraction of sp³-hybridized carbons (Fsp3) is 0.595. The fourth-order valence-corrected chi connectivity index (χ4v) is 5.92. The van der Waals surface area contributed by atoms with Gasteiger partial charge in [-0.2, -0.15) is 0 Å². The number of aliphatic hydroxyl groups excluding tert-OH is 1. The van der Waals surface area contributed by atoms with Gasteiger partial charge < -0.3 is 43.0 Å². The van der Waals surface area contributed by atoms with E-state index in [-0.39, 0.29) is 12.9 Å². The van der Waals surface area contributed by atoms with Crippen molar-refractivity contribution in [1.29, 1.82) is 0 Å². The van der Waals surface area contributed by atoms with E-state index in [9.17, 15) is 9.90 Å². The van der Waals surface area contributed by atoms with Crippen LogP contribution in [0.3, 0.4) is 0 Å². The summed E-state index contributed by atoms with van der Waals surface area (Å²) < 4.78 is 45.6. The Bertz CT molecular complexity index is 1360. The summed E-state index contributed by atoms with van der Waals surface area (Å²) in [6.07, 6.45) is -0.0707. The second-order valence-corrected chi connectivity index (χ2v) is 19.2. The Morgan fingerprint density at radius 3 is 2.40 bits per heavy atom. The van der Waals surface area contributed by atoms with Gasteiger partial charge in [0.25, 0.3) is 0 Å². The minimum absolute atomic E-state index is 0.0295. The van der Waals surface area contributed by atoms with Crippen LogP contribution in [0.4, 0.5) is 0 Å². The number of esters is 1. The van der Waals surface area contributed by atoms with Crippen LogP contribution in [0.1, 0.15) is 61.5 Å². The van der Waals surface area contributed by atoms with Gasteiger partial charge in [0.2, 0.25) is 0 Å². The molecule has 1 N–H and O–H groups in total. The number of hydrogen-bond acceptors (Lipinski definition) is 10. The third-order valence-electron chi connectivity index (χ3n) is 7.82. The van der Waals surface area contributed by atoms with E-state index in [0.29, 0.717) is 56.0 Å². The first-order valence-electron chi connectivity index (χ1n) is 16.5. The number of carbonyl (C=O) groups excluding carboxylic acids is 1. The van der Waals surface area contributed by atoms with Gasteiger partial charge in [0.05, 0.1) is 39.6 Å². The van der Waals surface area contributed by atoms with Crippen LogP contribution in [0.25, 0.3) is 0 Å². The summed E-state index contributed by atoms with van der Waals surface area (Å²) in [4.78, 5) is 13.4. The number of rotatable bonds is 18. The lowest BCUT2D eigenvalue weighted by Gasteiger charge is -2.20. The molecule has 0 spiro atoms. The molecular weight excluding hydrogens is 632 g/mol. The molecule has 0 aromatic heterocycles. The molecule has 0 bridgehead atoms. The lowest BCUT2D eigenvalue weighted by Crippen LogP contribution is -2.34. The Labute approximate surface area is 287 Å². The summed E-state index contributed by atoms with van der Waals surface area (Å²) in [5.74, 6) is 6.38. The van der Waals surface area contributed by atoms with Crippen LogP contribution in [0.2, 0.25) is 25.7 Å². The highest BCUT2D eigenvalue weighted by molar-refractivity contribution is 6.76. The molecule has 2 aromatic carbocycles. The summed E-state index contributed by atoms with van der Waals surface area (Å²) in [7, 11) is 3.32. The molecule has 1 aliphatic rings. The minimum Gasteiger partial charge on any atom is -0.497 e. The maximum atomic E-state index is 13.4. The van der Waals surface area contributed by atoms with Crippen molar-refractivity contribution in [3.8, 4) is 29.1 Å². The molecule has 11 heteroatoms. The molecule has 0 aliphatic carbocycles. The molecule has 266 valence electrons. The summed E-state index contributed by atoms with van der Waals surface area (Å²) in [6.45, 7) is 13.1. The second kappa shape index (κ2) is 18.6. The number of aryl methyl sites for hydroxylation is 1. The Hall–Kier alpha value is -3.11. The highest BCUT2D eigenvalue weighted by Gasteiger charge is 2.44. The van der Waals surface area contributed by atoms with Crippen molar-refractivity contribution in [2.24, 2.45) is 0 Å². The highest BCUT2D eigenvalue weighted by atomic mass is 28.3. The molecule has 0 amide bonds. The third-order valence-corrected chi connectivity index (χ3v) is 9.52. The second-order valence-electron chi connectivity index (χ2n) is 13.6. The predicted molar refractivity (Wildman–Crippen MR) is 186 cm³/mol. The average Bonchev–Trinajstić information content (AvgIpc) is 3.35. The van der Waals surface area contributed by atoms with Crippen molar-refractivity contribution in [3.05, 3.63) is 53.1 Å². The van der Waals surface area contributed by atoms with Gasteiger partial charge in [0.15, 0.2) is 12.6 Å². The smallest absolute Gasteiger partial charge is 0.342 e. The molecule has 1 fully saturated rings. The number of aliphatic hydroxyl groups is 1. The molecule has 3 rings (SSSR count). The van der Waals surface area contributed by atoms with E-state index >= 15 is 0 Å². The molecule has 0 radical (unpaired) electrons. The maximum Gasteiger partial charge on any atom is 0.342 e. The van der Waals surface area contributed by atoms with Gasteiger partial charge in [-0.3, -0.25) is 0 Å². The van der Waals surface area contributed by atoms with Crippen LogP contribution in [0.15, 0.2) is 36.4 Å². The van der Waals surface area contributed by atoms with E-state index in [1.165, 1.54) is 7.11 Å².